The Balaban J connectivity index is 1.41. The Hall–Kier alpha value is -1.91. The van der Waals surface area contributed by atoms with Crippen LogP contribution >= 0.6 is 0 Å². The van der Waals surface area contributed by atoms with Gasteiger partial charge in [0.2, 0.25) is 5.95 Å². The van der Waals surface area contributed by atoms with Crippen molar-refractivity contribution in [3.05, 3.63) is 36.2 Å². The Labute approximate surface area is 172 Å². The number of ether oxygens (including phenoxy) is 1. The average Bonchev–Trinajstić information content (AvgIpc) is 3.24. The first-order valence-corrected chi connectivity index (χ1v) is 11.1. The summed E-state index contributed by atoms with van der Waals surface area (Å²) in [4.78, 5) is 15.2. The molecule has 0 saturated heterocycles. The van der Waals surface area contributed by atoms with E-state index in [0.717, 1.165) is 38.5 Å². The maximum Gasteiger partial charge on any atom is 0.302 e. The van der Waals surface area contributed by atoms with E-state index >= 15 is 0 Å². The van der Waals surface area contributed by atoms with Gasteiger partial charge in [-0.25, -0.2) is 4.98 Å². The van der Waals surface area contributed by atoms with Gasteiger partial charge in [-0.05, 0) is 61.7 Å². The van der Waals surface area contributed by atoms with E-state index in [1.165, 1.54) is 30.8 Å². The summed E-state index contributed by atoms with van der Waals surface area (Å²) in [5.41, 5.74) is 3.06. The molecule has 156 valence electrons. The number of esters is 1. The Morgan fingerprint density at radius 3 is 2.69 bits per heavy atom. The second-order valence-electron chi connectivity index (χ2n) is 10.1. The van der Waals surface area contributed by atoms with E-state index in [4.69, 9.17) is 4.74 Å². The number of imidazole rings is 1. The molecule has 4 aliphatic rings. The molecule has 1 aromatic heterocycles. The molecule has 0 aliphatic heterocycles. The van der Waals surface area contributed by atoms with Crippen molar-refractivity contribution < 1.29 is 13.9 Å². The van der Waals surface area contributed by atoms with Crippen LogP contribution in [0.2, 0.25) is 0 Å². The molecular weight excluding hydrogens is 367 g/mol. The molecule has 0 N–H and O–H groups in total. The lowest BCUT2D eigenvalue weighted by atomic mass is 9.48. The van der Waals surface area contributed by atoms with Gasteiger partial charge in [-0.1, -0.05) is 31.6 Å². The van der Waals surface area contributed by atoms with Crippen LogP contribution in [0.5, 0.6) is 0 Å². The second-order valence-corrected chi connectivity index (χ2v) is 10.1. The van der Waals surface area contributed by atoms with Gasteiger partial charge in [-0.3, -0.25) is 4.79 Å². The molecule has 5 rings (SSSR count). The summed E-state index contributed by atoms with van der Waals surface area (Å²) in [5.74, 6) is 1.37. The topological polar surface area (TPSA) is 44.1 Å². The molecule has 4 aliphatic carbocycles. The second kappa shape index (κ2) is 6.55. The molecule has 0 aromatic carbocycles. The summed E-state index contributed by atoms with van der Waals surface area (Å²) in [5, 5.41) is 0. The lowest BCUT2D eigenvalue weighted by Gasteiger charge is -2.57. The molecule has 2 fully saturated rings. The highest BCUT2D eigenvalue weighted by Gasteiger charge is 2.57. The molecule has 6 atom stereocenters. The van der Waals surface area contributed by atoms with Crippen molar-refractivity contribution in [2.45, 2.75) is 71.8 Å². The fourth-order valence-electron chi connectivity index (χ4n) is 7.34. The number of halogens is 1. The van der Waals surface area contributed by atoms with Gasteiger partial charge in [-0.2, -0.15) is 4.39 Å². The van der Waals surface area contributed by atoms with Crippen molar-refractivity contribution in [3.63, 3.8) is 0 Å². The number of hydrogen-bond acceptors (Lipinski definition) is 3. The highest BCUT2D eigenvalue weighted by molar-refractivity contribution is 5.66. The monoisotopic (exact) mass is 398 g/mol. The molecule has 1 aromatic rings. The van der Waals surface area contributed by atoms with Gasteiger partial charge in [-0.15, -0.1) is 0 Å². The summed E-state index contributed by atoms with van der Waals surface area (Å²) < 4.78 is 21.0. The number of carbonyl (C=O) groups excluding carboxylic acids is 1. The number of aromatic nitrogens is 2. The zero-order valence-corrected chi connectivity index (χ0v) is 17.7. The summed E-state index contributed by atoms with van der Waals surface area (Å²) in [7, 11) is 0. The Bertz CT molecular complexity index is 902. The minimum Gasteiger partial charge on any atom is -0.462 e. The van der Waals surface area contributed by atoms with Crippen LogP contribution in [-0.4, -0.2) is 21.6 Å². The Morgan fingerprint density at radius 1 is 1.17 bits per heavy atom. The van der Waals surface area contributed by atoms with Gasteiger partial charge in [0.25, 0.3) is 0 Å². The van der Waals surface area contributed by atoms with Gasteiger partial charge >= 0.3 is 5.97 Å². The predicted octanol–water partition coefficient (Wildman–Crippen LogP) is 5.37. The van der Waals surface area contributed by atoms with Crippen LogP contribution in [0.15, 0.2) is 30.2 Å². The fourth-order valence-corrected chi connectivity index (χ4v) is 7.34. The SMILES string of the molecule is CC(=O)O[C@H]1CC[C@@]2(C)C(=CCC3C2CC[C@]2(C)C(n4cnc(F)c4)=CCC32)C1. The summed E-state index contributed by atoms with van der Waals surface area (Å²) in [6, 6.07) is 0. The summed E-state index contributed by atoms with van der Waals surface area (Å²) >= 11 is 0. The number of hydrogen-bond donors (Lipinski definition) is 0. The van der Waals surface area contributed by atoms with Crippen LogP contribution in [0.3, 0.4) is 0 Å². The largest absolute Gasteiger partial charge is 0.462 e. The van der Waals surface area contributed by atoms with Crippen molar-refractivity contribution in [2.24, 2.45) is 28.6 Å². The van der Waals surface area contributed by atoms with Crippen LogP contribution in [0.25, 0.3) is 5.70 Å². The summed E-state index contributed by atoms with van der Waals surface area (Å²) in [6.45, 7) is 6.35. The molecule has 3 unspecified atom stereocenters. The first-order chi connectivity index (χ1) is 13.8. The molecule has 0 radical (unpaired) electrons. The number of nitrogens with zero attached hydrogens (tertiary/aromatic N) is 2. The van der Waals surface area contributed by atoms with Crippen molar-refractivity contribution in [1.29, 1.82) is 0 Å². The molecule has 5 heteroatoms. The quantitative estimate of drug-likeness (QED) is 0.497. The molecule has 0 spiro atoms. The molecule has 4 nitrogen and oxygen atoms in total. The van der Waals surface area contributed by atoms with Crippen LogP contribution in [0, 0.1) is 34.5 Å². The zero-order valence-electron chi connectivity index (χ0n) is 17.7. The lowest BCUT2D eigenvalue weighted by molar-refractivity contribution is -0.148. The molecule has 0 bridgehead atoms. The third-order valence-electron chi connectivity index (χ3n) is 8.76. The minimum atomic E-state index is -0.408. The Kier molecular flexibility index (Phi) is 4.31. The van der Waals surface area contributed by atoms with E-state index < -0.39 is 5.95 Å². The van der Waals surface area contributed by atoms with Crippen LogP contribution in [0.4, 0.5) is 4.39 Å². The normalized spacial score (nSPS) is 41.0. The number of carbonyl (C=O) groups is 1. The van der Waals surface area contributed by atoms with Crippen LogP contribution in [0.1, 0.15) is 65.7 Å². The van der Waals surface area contributed by atoms with Crippen LogP contribution in [-0.2, 0) is 9.53 Å². The number of allylic oxidation sites excluding steroid dienone is 3. The average molecular weight is 399 g/mol. The molecule has 0 amide bonds. The molecule has 29 heavy (non-hydrogen) atoms. The van der Waals surface area contributed by atoms with E-state index in [1.807, 2.05) is 4.57 Å². The zero-order chi connectivity index (χ0) is 20.4. The third-order valence-corrected chi connectivity index (χ3v) is 8.76. The van der Waals surface area contributed by atoms with Gasteiger partial charge in [0.15, 0.2) is 0 Å². The van der Waals surface area contributed by atoms with Crippen molar-refractivity contribution in [2.75, 3.05) is 0 Å². The fraction of sp³-hybridized carbons (Fsp3) is 0.667. The van der Waals surface area contributed by atoms with Gasteiger partial charge in [0.05, 0.1) is 6.20 Å². The molecule has 1 heterocycles. The highest BCUT2D eigenvalue weighted by atomic mass is 19.1. The Morgan fingerprint density at radius 2 is 1.97 bits per heavy atom. The smallest absolute Gasteiger partial charge is 0.302 e. The lowest BCUT2D eigenvalue weighted by Crippen LogP contribution is -2.50. The standard InChI is InChI=1S/C24H31FN2O2/c1-15(28)29-17-8-10-23(2)16(12-17)4-5-18-19-6-7-21(27-13-22(25)26-14-27)24(19,3)11-9-20(18)23/h4,7,13-14,17-20H,5-6,8-12H2,1-3H3/t17-,18?,19?,20?,23-,24-/m0/s1. The van der Waals surface area contributed by atoms with E-state index in [2.05, 4.69) is 31.0 Å². The molecular formula is C24H31FN2O2. The predicted molar refractivity (Wildman–Crippen MR) is 109 cm³/mol. The van der Waals surface area contributed by atoms with Crippen LogP contribution < -0.4 is 0 Å². The van der Waals surface area contributed by atoms with Gasteiger partial charge in [0.1, 0.15) is 12.4 Å². The maximum absolute atomic E-state index is 13.5. The van der Waals surface area contributed by atoms with Gasteiger partial charge in [0, 0.05) is 24.5 Å². The number of rotatable bonds is 2. The highest BCUT2D eigenvalue weighted by Crippen LogP contribution is 2.65. The molecule has 2 saturated carbocycles. The first-order valence-electron chi connectivity index (χ1n) is 11.1. The van der Waals surface area contributed by atoms with Crippen molar-refractivity contribution in [3.8, 4) is 0 Å². The van der Waals surface area contributed by atoms with E-state index in [0.29, 0.717) is 17.8 Å². The minimum absolute atomic E-state index is 0.0492. The van der Waals surface area contributed by atoms with E-state index in [9.17, 15) is 9.18 Å². The van der Waals surface area contributed by atoms with Crippen molar-refractivity contribution in [1.82, 2.24) is 9.55 Å². The number of fused-ring (bicyclic) bond motifs is 5. The summed E-state index contributed by atoms with van der Waals surface area (Å²) in [6.07, 6.45) is 15.5. The maximum atomic E-state index is 13.5. The van der Waals surface area contributed by atoms with Gasteiger partial charge < -0.3 is 9.30 Å². The van der Waals surface area contributed by atoms with Crippen molar-refractivity contribution >= 4 is 11.7 Å². The van der Waals surface area contributed by atoms with E-state index in [1.54, 1.807) is 6.33 Å². The first kappa shape index (κ1) is 19.1. The third kappa shape index (κ3) is 2.83. The van der Waals surface area contributed by atoms with E-state index in [-0.39, 0.29) is 22.9 Å².